The number of hydrogen-bond donors (Lipinski definition) is 0. The SMILES string of the molecule is CC(CF)n1cc(Cl)cn1. The third-order valence-corrected chi connectivity index (χ3v) is 1.44. The maximum absolute atomic E-state index is 12.0. The molecule has 0 saturated carbocycles. The second kappa shape index (κ2) is 3.01. The van der Waals surface area contributed by atoms with E-state index >= 15 is 0 Å². The molecule has 0 aliphatic rings. The van der Waals surface area contributed by atoms with Crippen LogP contribution in [-0.2, 0) is 0 Å². The number of rotatable bonds is 2. The Hall–Kier alpha value is -0.570. The van der Waals surface area contributed by atoms with E-state index in [0.717, 1.165) is 0 Å². The smallest absolute Gasteiger partial charge is 0.112 e. The van der Waals surface area contributed by atoms with Crippen LogP contribution in [0.4, 0.5) is 4.39 Å². The first-order valence-electron chi connectivity index (χ1n) is 2.99. The number of aromatic nitrogens is 2. The van der Waals surface area contributed by atoms with E-state index in [-0.39, 0.29) is 6.04 Å². The molecule has 0 aliphatic heterocycles. The summed E-state index contributed by atoms with van der Waals surface area (Å²) in [5.41, 5.74) is 0. The van der Waals surface area contributed by atoms with Crippen molar-refractivity contribution in [2.75, 3.05) is 6.67 Å². The lowest BCUT2D eigenvalue weighted by molar-refractivity contribution is 0.356. The van der Waals surface area contributed by atoms with Gasteiger partial charge in [0.15, 0.2) is 0 Å². The lowest BCUT2D eigenvalue weighted by Gasteiger charge is -2.04. The first kappa shape index (κ1) is 7.54. The lowest BCUT2D eigenvalue weighted by atomic mass is 10.4. The van der Waals surface area contributed by atoms with Crippen molar-refractivity contribution >= 4 is 11.6 Å². The van der Waals surface area contributed by atoms with Gasteiger partial charge in [0.05, 0.1) is 17.3 Å². The van der Waals surface area contributed by atoms with E-state index in [2.05, 4.69) is 5.10 Å². The Bertz CT molecular complexity index is 211. The minimum absolute atomic E-state index is 0.215. The second-order valence-electron chi connectivity index (χ2n) is 2.14. The fourth-order valence-corrected chi connectivity index (χ4v) is 0.770. The lowest BCUT2D eigenvalue weighted by Crippen LogP contribution is -2.06. The van der Waals surface area contributed by atoms with Crippen molar-refractivity contribution in [3.8, 4) is 0 Å². The molecule has 1 atom stereocenters. The molecular formula is C6H8ClFN2. The average Bonchev–Trinajstić information content (AvgIpc) is 2.34. The molecule has 0 radical (unpaired) electrons. The van der Waals surface area contributed by atoms with Gasteiger partial charge in [-0.3, -0.25) is 4.68 Å². The van der Waals surface area contributed by atoms with E-state index < -0.39 is 6.67 Å². The Morgan fingerprint density at radius 3 is 3.00 bits per heavy atom. The number of halogens is 2. The Morgan fingerprint density at radius 1 is 1.90 bits per heavy atom. The van der Waals surface area contributed by atoms with Crippen LogP contribution in [0, 0.1) is 0 Å². The zero-order valence-corrected chi connectivity index (χ0v) is 6.35. The number of hydrogen-bond acceptors (Lipinski definition) is 1. The van der Waals surface area contributed by atoms with Crippen molar-refractivity contribution in [2.24, 2.45) is 0 Å². The van der Waals surface area contributed by atoms with Crippen LogP contribution in [-0.4, -0.2) is 16.5 Å². The zero-order chi connectivity index (χ0) is 7.56. The first-order chi connectivity index (χ1) is 4.74. The van der Waals surface area contributed by atoms with Crippen LogP contribution in [0.5, 0.6) is 0 Å². The second-order valence-corrected chi connectivity index (χ2v) is 2.58. The van der Waals surface area contributed by atoms with Gasteiger partial charge < -0.3 is 0 Å². The third-order valence-electron chi connectivity index (χ3n) is 1.24. The monoisotopic (exact) mass is 162 g/mol. The minimum Gasteiger partial charge on any atom is -0.266 e. The summed E-state index contributed by atoms with van der Waals surface area (Å²) in [5, 5.41) is 4.37. The van der Waals surface area contributed by atoms with Crippen molar-refractivity contribution in [1.82, 2.24) is 9.78 Å². The molecule has 1 aromatic heterocycles. The van der Waals surface area contributed by atoms with E-state index in [1.165, 1.54) is 10.9 Å². The van der Waals surface area contributed by atoms with Gasteiger partial charge >= 0.3 is 0 Å². The Labute approximate surface area is 63.6 Å². The quantitative estimate of drug-likeness (QED) is 0.651. The molecule has 0 bridgehead atoms. The van der Waals surface area contributed by atoms with Gasteiger partial charge in [-0.2, -0.15) is 5.10 Å². The van der Waals surface area contributed by atoms with Crippen LogP contribution in [0.15, 0.2) is 12.4 Å². The van der Waals surface area contributed by atoms with Gasteiger partial charge in [0.1, 0.15) is 6.67 Å². The Kier molecular flexibility index (Phi) is 2.27. The highest BCUT2D eigenvalue weighted by molar-refractivity contribution is 6.30. The van der Waals surface area contributed by atoms with E-state index in [1.807, 2.05) is 0 Å². The molecule has 1 heterocycles. The summed E-state index contributed by atoms with van der Waals surface area (Å²) in [4.78, 5) is 0. The molecule has 0 fully saturated rings. The predicted molar refractivity (Wildman–Crippen MR) is 37.9 cm³/mol. The van der Waals surface area contributed by atoms with Crippen LogP contribution in [0.3, 0.4) is 0 Å². The van der Waals surface area contributed by atoms with Gasteiger partial charge in [0.2, 0.25) is 0 Å². The molecule has 0 saturated heterocycles. The van der Waals surface area contributed by atoms with Crippen LogP contribution >= 0.6 is 11.6 Å². The molecule has 1 unspecified atom stereocenters. The summed E-state index contributed by atoms with van der Waals surface area (Å²) >= 11 is 5.56. The molecule has 0 amide bonds. The Morgan fingerprint density at radius 2 is 2.60 bits per heavy atom. The van der Waals surface area contributed by atoms with Gasteiger partial charge in [0, 0.05) is 6.20 Å². The molecule has 0 aliphatic carbocycles. The summed E-state index contributed by atoms with van der Waals surface area (Å²) in [7, 11) is 0. The molecule has 2 nitrogen and oxygen atoms in total. The van der Waals surface area contributed by atoms with Crippen molar-refractivity contribution in [3.63, 3.8) is 0 Å². The van der Waals surface area contributed by atoms with Crippen molar-refractivity contribution in [1.29, 1.82) is 0 Å². The topological polar surface area (TPSA) is 17.8 Å². The van der Waals surface area contributed by atoms with Gasteiger partial charge in [-0.25, -0.2) is 4.39 Å². The fourth-order valence-electron chi connectivity index (χ4n) is 0.627. The first-order valence-corrected chi connectivity index (χ1v) is 3.37. The third kappa shape index (κ3) is 1.48. The van der Waals surface area contributed by atoms with Crippen molar-refractivity contribution in [3.05, 3.63) is 17.4 Å². The predicted octanol–water partition coefficient (Wildman–Crippen LogP) is 2.07. The highest BCUT2D eigenvalue weighted by Crippen LogP contribution is 2.10. The van der Waals surface area contributed by atoms with E-state index in [9.17, 15) is 4.39 Å². The Balaban J connectivity index is 2.74. The number of alkyl halides is 1. The molecule has 0 N–H and O–H groups in total. The summed E-state index contributed by atoms with van der Waals surface area (Å²) in [6, 6.07) is -0.215. The van der Waals surface area contributed by atoms with Crippen LogP contribution in [0.1, 0.15) is 13.0 Å². The molecule has 0 aromatic carbocycles. The standard InChI is InChI=1S/C6H8ClFN2/c1-5(2-8)10-4-6(7)3-9-10/h3-5H,2H2,1H3. The van der Waals surface area contributed by atoms with Gasteiger partial charge in [0.25, 0.3) is 0 Å². The maximum Gasteiger partial charge on any atom is 0.112 e. The van der Waals surface area contributed by atoms with Crippen LogP contribution < -0.4 is 0 Å². The molecule has 1 aromatic rings. The molecule has 10 heavy (non-hydrogen) atoms. The van der Waals surface area contributed by atoms with E-state index in [0.29, 0.717) is 5.02 Å². The highest BCUT2D eigenvalue weighted by atomic mass is 35.5. The summed E-state index contributed by atoms with van der Waals surface area (Å²) in [6.07, 6.45) is 3.10. The van der Waals surface area contributed by atoms with Crippen LogP contribution in [0.2, 0.25) is 5.02 Å². The normalized spacial score (nSPS) is 13.5. The largest absolute Gasteiger partial charge is 0.266 e. The van der Waals surface area contributed by atoms with Gasteiger partial charge in [-0.05, 0) is 6.92 Å². The highest BCUT2D eigenvalue weighted by Gasteiger charge is 2.03. The summed E-state index contributed by atoms with van der Waals surface area (Å²) in [5.74, 6) is 0. The molecule has 56 valence electrons. The molecular weight excluding hydrogens is 155 g/mol. The van der Waals surface area contributed by atoms with Gasteiger partial charge in [-0.1, -0.05) is 11.6 Å². The fraction of sp³-hybridized carbons (Fsp3) is 0.500. The van der Waals surface area contributed by atoms with E-state index in [4.69, 9.17) is 11.6 Å². The minimum atomic E-state index is -0.419. The van der Waals surface area contributed by atoms with Crippen LogP contribution in [0.25, 0.3) is 0 Å². The van der Waals surface area contributed by atoms with Gasteiger partial charge in [-0.15, -0.1) is 0 Å². The molecule has 4 heteroatoms. The van der Waals surface area contributed by atoms with Crippen molar-refractivity contribution in [2.45, 2.75) is 13.0 Å². The average molecular weight is 163 g/mol. The molecule has 1 rings (SSSR count). The molecule has 0 spiro atoms. The summed E-state index contributed by atoms with van der Waals surface area (Å²) in [6.45, 7) is 1.32. The van der Waals surface area contributed by atoms with E-state index in [1.54, 1.807) is 13.1 Å². The summed E-state index contributed by atoms with van der Waals surface area (Å²) < 4.78 is 13.5. The van der Waals surface area contributed by atoms with Crippen molar-refractivity contribution < 1.29 is 4.39 Å². The maximum atomic E-state index is 12.0. The zero-order valence-electron chi connectivity index (χ0n) is 5.59. The number of nitrogens with zero attached hydrogens (tertiary/aromatic N) is 2.